The lowest BCUT2D eigenvalue weighted by atomic mass is 10.1. The third-order valence-corrected chi connectivity index (χ3v) is 4.54. The quantitative estimate of drug-likeness (QED) is 0.915. The van der Waals surface area contributed by atoms with Gasteiger partial charge in [0, 0.05) is 9.75 Å². The minimum absolute atomic E-state index is 0.559. The summed E-state index contributed by atoms with van der Waals surface area (Å²) in [5, 5.41) is 10.4. The molecule has 0 aliphatic carbocycles. The van der Waals surface area contributed by atoms with Gasteiger partial charge in [-0.25, -0.2) is 0 Å². The fourth-order valence-electron chi connectivity index (χ4n) is 2.13. The van der Waals surface area contributed by atoms with Crippen molar-refractivity contribution in [1.82, 2.24) is 0 Å². The van der Waals surface area contributed by atoms with Crippen molar-refractivity contribution in [3.63, 3.8) is 0 Å². The van der Waals surface area contributed by atoms with Gasteiger partial charge in [-0.05, 0) is 43.2 Å². The van der Waals surface area contributed by atoms with E-state index < -0.39 is 6.10 Å². The number of ether oxygens (including phenoxy) is 2. The third-order valence-electron chi connectivity index (χ3n) is 3.34. The van der Waals surface area contributed by atoms with Gasteiger partial charge in [0.2, 0.25) is 0 Å². The minimum Gasteiger partial charge on any atom is -0.486 e. The van der Waals surface area contributed by atoms with Gasteiger partial charge >= 0.3 is 0 Å². The van der Waals surface area contributed by atoms with Crippen LogP contribution < -0.4 is 9.47 Å². The van der Waals surface area contributed by atoms with Gasteiger partial charge < -0.3 is 14.6 Å². The number of hydrogen-bond acceptors (Lipinski definition) is 4. The Morgan fingerprint density at radius 3 is 2.53 bits per heavy atom. The third kappa shape index (κ3) is 2.33. The van der Waals surface area contributed by atoms with Crippen LogP contribution in [0.15, 0.2) is 24.3 Å². The molecular formula is C15H16O3S. The highest BCUT2D eigenvalue weighted by Gasteiger charge is 2.18. The minimum atomic E-state index is -0.603. The van der Waals surface area contributed by atoms with E-state index in [4.69, 9.17) is 9.47 Å². The van der Waals surface area contributed by atoms with Crippen molar-refractivity contribution in [2.24, 2.45) is 0 Å². The Morgan fingerprint density at radius 2 is 1.84 bits per heavy atom. The molecule has 1 aromatic carbocycles. The zero-order chi connectivity index (χ0) is 13.4. The van der Waals surface area contributed by atoms with Crippen molar-refractivity contribution in [2.45, 2.75) is 20.0 Å². The lowest BCUT2D eigenvalue weighted by molar-refractivity contribution is 0.170. The summed E-state index contributed by atoms with van der Waals surface area (Å²) < 4.78 is 11.0. The normalized spacial score (nSPS) is 15.3. The van der Waals surface area contributed by atoms with Crippen LogP contribution in [0.25, 0.3) is 0 Å². The molecule has 1 unspecified atom stereocenters. The molecule has 0 amide bonds. The van der Waals surface area contributed by atoms with Gasteiger partial charge in [0.25, 0.3) is 0 Å². The van der Waals surface area contributed by atoms with Gasteiger partial charge in [-0.3, -0.25) is 0 Å². The van der Waals surface area contributed by atoms with Crippen LogP contribution in [-0.2, 0) is 0 Å². The van der Waals surface area contributed by atoms with E-state index >= 15 is 0 Å². The monoisotopic (exact) mass is 276 g/mol. The number of aliphatic hydroxyl groups is 1. The second kappa shape index (κ2) is 4.87. The van der Waals surface area contributed by atoms with Gasteiger partial charge in [-0.1, -0.05) is 6.07 Å². The molecule has 1 atom stereocenters. The van der Waals surface area contributed by atoms with Crippen LogP contribution in [0, 0.1) is 13.8 Å². The van der Waals surface area contributed by atoms with E-state index in [-0.39, 0.29) is 0 Å². The molecule has 1 aliphatic rings. The summed E-state index contributed by atoms with van der Waals surface area (Å²) >= 11 is 1.63. The summed E-state index contributed by atoms with van der Waals surface area (Å²) in [5.41, 5.74) is 2.06. The van der Waals surface area contributed by atoms with Crippen LogP contribution in [0.5, 0.6) is 11.5 Å². The largest absolute Gasteiger partial charge is 0.486 e. The van der Waals surface area contributed by atoms with Crippen molar-refractivity contribution < 1.29 is 14.6 Å². The maximum atomic E-state index is 10.4. The SMILES string of the molecule is Cc1cc(C(O)c2ccc3c(c2)OCCO3)sc1C. The average Bonchev–Trinajstić information content (AvgIpc) is 2.77. The van der Waals surface area contributed by atoms with E-state index in [1.54, 1.807) is 11.3 Å². The Balaban J connectivity index is 1.93. The first-order valence-corrected chi connectivity index (χ1v) is 7.11. The summed E-state index contributed by atoms with van der Waals surface area (Å²) in [6.07, 6.45) is -0.603. The topological polar surface area (TPSA) is 38.7 Å². The Bertz CT molecular complexity index is 584. The van der Waals surface area contributed by atoms with Crippen molar-refractivity contribution >= 4 is 11.3 Å². The lowest BCUT2D eigenvalue weighted by Gasteiger charge is -2.20. The molecule has 4 heteroatoms. The first-order valence-electron chi connectivity index (χ1n) is 6.29. The molecule has 1 N–H and O–H groups in total. The highest BCUT2D eigenvalue weighted by Crippen LogP contribution is 2.36. The maximum absolute atomic E-state index is 10.4. The Kier molecular flexibility index (Phi) is 3.21. The molecule has 2 heterocycles. The number of rotatable bonds is 2. The molecule has 0 spiro atoms. The number of aliphatic hydroxyl groups excluding tert-OH is 1. The molecule has 3 rings (SSSR count). The van der Waals surface area contributed by atoms with Crippen LogP contribution in [0.3, 0.4) is 0 Å². The number of aryl methyl sites for hydroxylation is 2. The first kappa shape index (κ1) is 12.5. The number of benzene rings is 1. The molecule has 0 bridgehead atoms. The second-order valence-corrected chi connectivity index (χ2v) is 5.98. The van der Waals surface area contributed by atoms with Gasteiger partial charge in [0.05, 0.1) is 0 Å². The average molecular weight is 276 g/mol. The van der Waals surface area contributed by atoms with E-state index in [9.17, 15) is 5.11 Å². The zero-order valence-electron chi connectivity index (χ0n) is 11.0. The van der Waals surface area contributed by atoms with E-state index in [2.05, 4.69) is 13.8 Å². The van der Waals surface area contributed by atoms with Crippen molar-refractivity contribution in [2.75, 3.05) is 13.2 Å². The van der Waals surface area contributed by atoms with Gasteiger partial charge in [-0.15, -0.1) is 11.3 Å². The molecule has 0 saturated heterocycles. The lowest BCUT2D eigenvalue weighted by Crippen LogP contribution is -2.15. The summed E-state index contributed by atoms with van der Waals surface area (Å²) in [5.74, 6) is 1.47. The zero-order valence-corrected chi connectivity index (χ0v) is 11.8. The van der Waals surface area contributed by atoms with Crippen molar-refractivity contribution in [3.05, 3.63) is 45.1 Å². The molecule has 1 aliphatic heterocycles. The second-order valence-electron chi connectivity index (χ2n) is 4.69. The van der Waals surface area contributed by atoms with Crippen LogP contribution in [0.2, 0.25) is 0 Å². The maximum Gasteiger partial charge on any atom is 0.161 e. The Morgan fingerprint density at radius 1 is 1.11 bits per heavy atom. The number of thiophene rings is 1. The van der Waals surface area contributed by atoms with E-state index in [1.165, 1.54) is 10.4 Å². The summed E-state index contributed by atoms with van der Waals surface area (Å²) in [7, 11) is 0. The van der Waals surface area contributed by atoms with Crippen LogP contribution in [0.1, 0.15) is 27.0 Å². The molecular weight excluding hydrogens is 260 g/mol. The fraction of sp³-hybridized carbons (Fsp3) is 0.333. The summed E-state index contributed by atoms with van der Waals surface area (Å²) in [6.45, 7) is 5.27. The summed E-state index contributed by atoms with van der Waals surface area (Å²) in [4.78, 5) is 2.21. The first-order chi connectivity index (χ1) is 9.15. The fourth-order valence-corrected chi connectivity index (χ4v) is 3.19. The predicted octanol–water partition coefficient (Wildman–Crippen LogP) is 3.22. The van der Waals surface area contributed by atoms with Crippen molar-refractivity contribution in [1.29, 1.82) is 0 Å². The number of hydrogen-bond donors (Lipinski definition) is 1. The van der Waals surface area contributed by atoms with E-state index in [0.29, 0.717) is 19.0 Å². The predicted molar refractivity (Wildman–Crippen MR) is 75.3 cm³/mol. The number of fused-ring (bicyclic) bond motifs is 1. The Hall–Kier alpha value is -1.52. The van der Waals surface area contributed by atoms with Gasteiger partial charge in [0.15, 0.2) is 11.5 Å². The van der Waals surface area contributed by atoms with Gasteiger partial charge in [0.1, 0.15) is 19.3 Å². The van der Waals surface area contributed by atoms with E-state index in [1.807, 2.05) is 24.3 Å². The summed E-state index contributed by atoms with van der Waals surface area (Å²) in [6, 6.07) is 7.66. The van der Waals surface area contributed by atoms with Crippen LogP contribution in [0.4, 0.5) is 0 Å². The highest BCUT2D eigenvalue weighted by molar-refractivity contribution is 7.12. The van der Waals surface area contributed by atoms with Crippen molar-refractivity contribution in [3.8, 4) is 11.5 Å². The molecule has 2 aromatic rings. The molecule has 1 aromatic heterocycles. The van der Waals surface area contributed by atoms with Gasteiger partial charge in [-0.2, -0.15) is 0 Å². The Labute approximate surface area is 116 Å². The molecule has 19 heavy (non-hydrogen) atoms. The standard InChI is InChI=1S/C15H16O3S/c1-9-7-14(19-10(9)2)15(16)11-3-4-12-13(8-11)18-6-5-17-12/h3-4,7-8,15-16H,5-6H2,1-2H3. The van der Waals surface area contributed by atoms with Crippen LogP contribution in [-0.4, -0.2) is 18.3 Å². The molecule has 3 nitrogen and oxygen atoms in total. The van der Waals surface area contributed by atoms with Crippen LogP contribution >= 0.6 is 11.3 Å². The molecule has 0 saturated carbocycles. The molecule has 0 fully saturated rings. The smallest absolute Gasteiger partial charge is 0.161 e. The molecule has 0 radical (unpaired) electrons. The van der Waals surface area contributed by atoms with E-state index in [0.717, 1.165) is 16.2 Å². The molecule has 100 valence electrons. The highest BCUT2D eigenvalue weighted by atomic mass is 32.1.